The van der Waals surface area contributed by atoms with E-state index in [0.717, 1.165) is 38.0 Å². The van der Waals surface area contributed by atoms with Gasteiger partial charge in [-0.1, -0.05) is 25.5 Å². The molecule has 1 saturated heterocycles. The molecule has 1 amide bonds. The van der Waals surface area contributed by atoms with Gasteiger partial charge in [0.25, 0.3) is 5.69 Å². The summed E-state index contributed by atoms with van der Waals surface area (Å²) in [5, 5.41) is 10.7. The molecule has 0 spiro atoms. The first-order valence-electron chi connectivity index (χ1n) is 7.74. The quantitative estimate of drug-likeness (QED) is 0.420. The highest BCUT2D eigenvalue weighted by Crippen LogP contribution is 2.29. The molecule has 6 heteroatoms. The van der Waals surface area contributed by atoms with Gasteiger partial charge in [-0.15, -0.1) is 0 Å². The van der Waals surface area contributed by atoms with Gasteiger partial charge in [-0.05, 0) is 18.4 Å². The van der Waals surface area contributed by atoms with Gasteiger partial charge in [-0.3, -0.25) is 14.9 Å². The maximum absolute atomic E-state index is 12.4. The Kier molecular flexibility index (Phi) is 5.89. The van der Waals surface area contributed by atoms with Crippen LogP contribution in [0.4, 0.5) is 5.69 Å². The van der Waals surface area contributed by atoms with E-state index in [9.17, 15) is 14.9 Å². The number of carbonyl (C=O) groups excluding carboxylic acids is 1. The fourth-order valence-electron chi connectivity index (χ4n) is 2.62. The van der Waals surface area contributed by atoms with Crippen molar-refractivity contribution in [3.63, 3.8) is 0 Å². The van der Waals surface area contributed by atoms with Crippen LogP contribution >= 0.6 is 0 Å². The molecule has 1 atom stereocenters. The lowest BCUT2D eigenvalue weighted by atomic mass is 9.97. The summed E-state index contributed by atoms with van der Waals surface area (Å²) in [5.41, 5.74) is 0.903. The van der Waals surface area contributed by atoms with E-state index >= 15 is 0 Å². The molecule has 0 N–H and O–H groups in total. The molecule has 0 saturated carbocycles. The van der Waals surface area contributed by atoms with E-state index in [1.165, 1.54) is 12.1 Å². The van der Waals surface area contributed by atoms with Crippen LogP contribution in [0.3, 0.4) is 0 Å². The standard InChI is InChI=1S/C16H22N2O4/c1-2-3-11-22-12-10-17-9-8-15(16(17)19)13-4-6-14(7-5-13)18(20)21/h4-7,15H,2-3,8-12H2,1H3. The molecular formula is C16H22N2O4. The maximum Gasteiger partial charge on any atom is 0.269 e. The van der Waals surface area contributed by atoms with Crippen LogP contribution in [0.25, 0.3) is 0 Å². The molecule has 0 aromatic heterocycles. The van der Waals surface area contributed by atoms with Crippen molar-refractivity contribution in [2.24, 2.45) is 0 Å². The second-order valence-electron chi connectivity index (χ2n) is 5.48. The fraction of sp³-hybridized carbons (Fsp3) is 0.562. The Morgan fingerprint density at radius 1 is 1.32 bits per heavy atom. The summed E-state index contributed by atoms with van der Waals surface area (Å²) in [6, 6.07) is 6.28. The fourth-order valence-corrected chi connectivity index (χ4v) is 2.62. The molecule has 1 aromatic carbocycles. The van der Waals surface area contributed by atoms with Crippen LogP contribution in [-0.2, 0) is 9.53 Å². The first-order chi connectivity index (χ1) is 10.6. The number of nitro groups is 1. The third kappa shape index (κ3) is 4.04. The molecule has 0 bridgehead atoms. The van der Waals surface area contributed by atoms with E-state index in [1.54, 1.807) is 12.1 Å². The predicted octanol–water partition coefficient (Wildman–Crippen LogP) is 2.73. The minimum atomic E-state index is -0.430. The first-order valence-corrected chi connectivity index (χ1v) is 7.74. The number of amides is 1. The average molecular weight is 306 g/mol. The zero-order chi connectivity index (χ0) is 15.9. The molecule has 1 heterocycles. The highest BCUT2D eigenvalue weighted by molar-refractivity contribution is 5.85. The monoisotopic (exact) mass is 306 g/mol. The van der Waals surface area contributed by atoms with E-state index < -0.39 is 4.92 Å². The predicted molar refractivity (Wildman–Crippen MR) is 82.8 cm³/mol. The summed E-state index contributed by atoms with van der Waals surface area (Å²) >= 11 is 0. The molecule has 1 aliphatic heterocycles. The van der Waals surface area contributed by atoms with Crippen LogP contribution < -0.4 is 0 Å². The summed E-state index contributed by atoms with van der Waals surface area (Å²) in [7, 11) is 0. The molecule has 6 nitrogen and oxygen atoms in total. The first kappa shape index (κ1) is 16.4. The van der Waals surface area contributed by atoms with Gasteiger partial charge in [0.2, 0.25) is 5.91 Å². The largest absolute Gasteiger partial charge is 0.380 e. The van der Waals surface area contributed by atoms with Crippen LogP contribution in [0.5, 0.6) is 0 Å². The zero-order valence-corrected chi connectivity index (χ0v) is 12.9. The lowest BCUT2D eigenvalue weighted by Crippen LogP contribution is -2.30. The topological polar surface area (TPSA) is 72.7 Å². The highest BCUT2D eigenvalue weighted by atomic mass is 16.6. The third-order valence-electron chi connectivity index (χ3n) is 3.95. The van der Waals surface area contributed by atoms with Crippen LogP contribution in [0.2, 0.25) is 0 Å². The Morgan fingerprint density at radius 3 is 2.68 bits per heavy atom. The van der Waals surface area contributed by atoms with E-state index in [1.807, 2.05) is 4.90 Å². The molecule has 120 valence electrons. The highest BCUT2D eigenvalue weighted by Gasteiger charge is 2.32. The average Bonchev–Trinajstić information content (AvgIpc) is 2.88. The lowest BCUT2D eigenvalue weighted by Gasteiger charge is -2.16. The molecule has 2 rings (SSSR count). The Bertz CT molecular complexity index is 515. The SMILES string of the molecule is CCCCOCCN1CCC(c2ccc([N+](=O)[O-])cc2)C1=O. The second kappa shape index (κ2) is 7.89. The van der Waals surface area contributed by atoms with Crippen molar-refractivity contribution >= 4 is 11.6 Å². The number of hydrogen-bond donors (Lipinski definition) is 0. The summed E-state index contributed by atoms with van der Waals surface area (Å²) < 4.78 is 5.50. The summed E-state index contributed by atoms with van der Waals surface area (Å²) in [6.07, 6.45) is 2.90. The van der Waals surface area contributed by atoms with Crippen molar-refractivity contribution in [3.05, 3.63) is 39.9 Å². The smallest absolute Gasteiger partial charge is 0.269 e. The van der Waals surface area contributed by atoms with Crippen LogP contribution in [0.1, 0.15) is 37.7 Å². The van der Waals surface area contributed by atoms with Gasteiger partial charge in [0.15, 0.2) is 0 Å². The number of benzene rings is 1. The summed E-state index contributed by atoms with van der Waals surface area (Å²) in [4.78, 5) is 24.4. The molecule has 1 fully saturated rings. The van der Waals surface area contributed by atoms with Crippen molar-refractivity contribution in [1.82, 2.24) is 4.90 Å². The van der Waals surface area contributed by atoms with Crippen LogP contribution in [0, 0.1) is 10.1 Å². The normalized spacial score (nSPS) is 18.0. The number of rotatable bonds is 8. The summed E-state index contributed by atoms with van der Waals surface area (Å²) in [6.45, 7) is 4.76. The Balaban J connectivity index is 1.86. The van der Waals surface area contributed by atoms with Gasteiger partial charge in [0.05, 0.1) is 17.4 Å². The van der Waals surface area contributed by atoms with Gasteiger partial charge in [-0.2, -0.15) is 0 Å². The number of carbonyl (C=O) groups is 1. The van der Waals surface area contributed by atoms with E-state index in [0.29, 0.717) is 13.2 Å². The number of nitrogens with zero attached hydrogens (tertiary/aromatic N) is 2. The van der Waals surface area contributed by atoms with Crippen molar-refractivity contribution < 1.29 is 14.5 Å². The van der Waals surface area contributed by atoms with Gasteiger partial charge in [0.1, 0.15) is 0 Å². The van der Waals surface area contributed by atoms with Crippen LogP contribution in [0.15, 0.2) is 24.3 Å². The van der Waals surface area contributed by atoms with Gasteiger partial charge in [0, 0.05) is 31.8 Å². The van der Waals surface area contributed by atoms with E-state index in [-0.39, 0.29) is 17.5 Å². The third-order valence-corrected chi connectivity index (χ3v) is 3.95. The number of nitro benzene ring substituents is 1. The van der Waals surface area contributed by atoms with E-state index in [2.05, 4.69) is 6.92 Å². The van der Waals surface area contributed by atoms with Gasteiger partial charge >= 0.3 is 0 Å². The van der Waals surface area contributed by atoms with Crippen molar-refractivity contribution in [2.75, 3.05) is 26.3 Å². The number of non-ortho nitro benzene ring substituents is 1. The molecule has 1 unspecified atom stereocenters. The van der Waals surface area contributed by atoms with Crippen molar-refractivity contribution in [2.45, 2.75) is 32.1 Å². The van der Waals surface area contributed by atoms with Crippen LogP contribution in [-0.4, -0.2) is 42.0 Å². The minimum Gasteiger partial charge on any atom is -0.380 e. The molecule has 0 aliphatic carbocycles. The van der Waals surface area contributed by atoms with Gasteiger partial charge in [-0.25, -0.2) is 0 Å². The minimum absolute atomic E-state index is 0.0513. The Hall–Kier alpha value is -1.95. The lowest BCUT2D eigenvalue weighted by molar-refractivity contribution is -0.384. The van der Waals surface area contributed by atoms with Crippen molar-refractivity contribution in [1.29, 1.82) is 0 Å². The second-order valence-corrected chi connectivity index (χ2v) is 5.48. The molecule has 0 radical (unpaired) electrons. The molecule has 1 aromatic rings. The van der Waals surface area contributed by atoms with Gasteiger partial charge < -0.3 is 9.64 Å². The Labute approximate surface area is 130 Å². The van der Waals surface area contributed by atoms with Crippen molar-refractivity contribution in [3.8, 4) is 0 Å². The zero-order valence-electron chi connectivity index (χ0n) is 12.9. The number of ether oxygens (including phenoxy) is 1. The number of likely N-dealkylation sites (tertiary alicyclic amines) is 1. The molecule has 22 heavy (non-hydrogen) atoms. The maximum atomic E-state index is 12.4. The molecular weight excluding hydrogens is 284 g/mol. The van der Waals surface area contributed by atoms with E-state index in [4.69, 9.17) is 4.74 Å². The number of hydrogen-bond acceptors (Lipinski definition) is 4. The molecule has 1 aliphatic rings. The number of unbranched alkanes of at least 4 members (excludes halogenated alkanes) is 1. The Morgan fingerprint density at radius 2 is 2.05 bits per heavy atom. The summed E-state index contributed by atoms with van der Waals surface area (Å²) in [5.74, 6) is -0.0932.